The molecule has 0 N–H and O–H groups in total. The number of halogens is 1. The van der Waals surface area contributed by atoms with Crippen LogP contribution in [0.1, 0.15) is 22.3 Å². The van der Waals surface area contributed by atoms with E-state index >= 15 is 0 Å². The third-order valence-corrected chi connectivity index (χ3v) is 2.59. The van der Waals surface area contributed by atoms with Gasteiger partial charge in [0, 0.05) is 25.7 Å². The number of aryl methyl sites for hydroxylation is 1. The molecular weight excluding hydrogens is 253 g/mol. The van der Waals surface area contributed by atoms with Crippen molar-refractivity contribution in [2.45, 2.75) is 13.3 Å². The summed E-state index contributed by atoms with van der Waals surface area (Å²) in [6.45, 7) is 1.49. The van der Waals surface area contributed by atoms with Crippen molar-refractivity contribution in [2.75, 3.05) is 13.6 Å². The zero-order valence-electron chi connectivity index (χ0n) is 10.5. The number of carbonyl (C=O) groups is 1. The molecule has 1 rings (SSSR count). The highest BCUT2D eigenvalue weighted by Gasteiger charge is 2.21. The molecule has 0 radical (unpaired) electrons. The van der Waals surface area contributed by atoms with Crippen molar-refractivity contribution in [3.8, 4) is 6.07 Å². The summed E-state index contributed by atoms with van der Waals surface area (Å²) < 4.78 is 13.8. The number of nitro groups is 1. The molecule has 0 aliphatic carbocycles. The van der Waals surface area contributed by atoms with E-state index in [9.17, 15) is 19.3 Å². The van der Waals surface area contributed by atoms with Crippen LogP contribution in [0.15, 0.2) is 12.1 Å². The molecule has 7 heteroatoms. The molecule has 0 saturated heterocycles. The lowest BCUT2D eigenvalue weighted by atomic mass is 10.1. The molecular formula is C12H12FN3O3. The number of hydrogen-bond donors (Lipinski definition) is 0. The van der Waals surface area contributed by atoms with Gasteiger partial charge in [0.05, 0.1) is 23.0 Å². The van der Waals surface area contributed by atoms with Crippen molar-refractivity contribution < 1.29 is 14.1 Å². The minimum Gasteiger partial charge on any atom is -0.341 e. The van der Waals surface area contributed by atoms with E-state index in [1.807, 2.05) is 6.07 Å². The number of hydrogen-bond acceptors (Lipinski definition) is 4. The van der Waals surface area contributed by atoms with Gasteiger partial charge in [0.1, 0.15) is 5.82 Å². The van der Waals surface area contributed by atoms with Crippen LogP contribution in [0, 0.1) is 34.2 Å². The average molecular weight is 265 g/mol. The van der Waals surface area contributed by atoms with E-state index in [1.54, 1.807) is 0 Å². The van der Waals surface area contributed by atoms with E-state index < -0.39 is 16.6 Å². The summed E-state index contributed by atoms with van der Waals surface area (Å²) in [7, 11) is 1.41. The number of carbonyl (C=O) groups excluding carboxylic acids is 1. The number of rotatable bonds is 4. The topological polar surface area (TPSA) is 87.2 Å². The van der Waals surface area contributed by atoms with Gasteiger partial charge in [0.25, 0.3) is 11.6 Å². The van der Waals surface area contributed by atoms with Crippen LogP contribution in [0.3, 0.4) is 0 Å². The summed E-state index contributed by atoms with van der Waals surface area (Å²) >= 11 is 0. The molecule has 100 valence electrons. The number of non-ortho nitro benzene ring substituents is 1. The number of nitrogens with zero attached hydrogens (tertiary/aromatic N) is 3. The van der Waals surface area contributed by atoms with Crippen LogP contribution in [0.4, 0.5) is 10.1 Å². The summed E-state index contributed by atoms with van der Waals surface area (Å²) in [5, 5.41) is 19.1. The van der Waals surface area contributed by atoms with E-state index in [-0.39, 0.29) is 29.8 Å². The summed E-state index contributed by atoms with van der Waals surface area (Å²) in [4.78, 5) is 23.1. The number of nitriles is 1. The Hall–Kier alpha value is -2.49. The van der Waals surface area contributed by atoms with Crippen LogP contribution >= 0.6 is 0 Å². The fourth-order valence-corrected chi connectivity index (χ4v) is 1.54. The van der Waals surface area contributed by atoms with Crippen molar-refractivity contribution in [1.29, 1.82) is 5.26 Å². The smallest absolute Gasteiger partial charge is 0.270 e. The van der Waals surface area contributed by atoms with Crippen LogP contribution in [0.25, 0.3) is 0 Å². The monoisotopic (exact) mass is 265 g/mol. The summed E-state index contributed by atoms with van der Waals surface area (Å²) in [6.07, 6.45) is 0.109. The largest absolute Gasteiger partial charge is 0.341 e. The van der Waals surface area contributed by atoms with E-state index in [2.05, 4.69) is 0 Å². The van der Waals surface area contributed by atoms with Gasteiger partial charge in [0.15, 0.2) is 0 Å². The van der Waals surface area contributed by atoms with Crippen LogP contribution in [0.5, 0.6) is 0 Å². The molecule has 0 saturated carbocycles. The maximum Gasteiger partial charge on any atom is 0.270 e. The average Bonchev–Trinajstić information content (AvgIpc) is 2.37. The minimum atomic E-state index is -0.778. The Labute approximate surface area is 109 Å². The van der Waals surface area contributed by atoms with E-state index in [0.29, 0.717) is 0 Å². The predicted octanol–water partition coefficient (Wildman–Crippen LogP) is 2.03. The van der Waals surface area contributed by atoms with Crippen LogP contribution in [-0.4, -0.2) is 29.3 Å². The van der Waals surface area contributed by atoms with E-state index in [0.717, 1.165) is 17.0 Å². The first-order chi connectivity index (χ1) is 8.88. The highest BCUT2D eigenvalue weighted by atomic mass is 19.1. The fraction of sp³-hybridized carbons (Fsp3) is 0.333. The lowest BCUT2D eigenvalue weighted by Crippen LogP contribution is -2.28. The first kappa shape index (κ1) is 14.6. The molecule has 0 atom stereocenters. The van der Waals surface area contributed by atoms with Crippen LogP contribution < -0.4 is 0 Å². The number of benzene rings is 1. The van der Waals surface area contributed by atoms with Gasteiger partial charge in [-0.05, 0) is 12.5 Å². The molecule has 0 heterocycles. The molecule has 0 spiro atoms. The molecule has 6 nitrogen and oxygen atoms in total. The van der Waals surface area contributed by atoms with Gasteiger partial charge in [-0.3, -0.25) is 14.9 Å². The zero-order valence-corrected chi connectivity index (χ0v) is 10.5. The summed E-state index contributed by atoms with van der Waals surface area (Å²) in [6, 6.07) is 3.85. The molecule has 1 aromatic carbocycles. The Balaban J connectivity index is 3.15. The van der Waals surface area contributed by atoms with Crippen molar-refractivity contribution in [3.63, 3.8) is 0 Å². The zero-order chi connectivity index (χ0) is 14.6. The second-order valence-electron chi connectivity index (χ2n) is 4.02. The minimum absolute atomic E-state index is 0.0335. The van der Waals surface area contributed by atoms with Crippen LogP contribution in [-0.2, 0) is 0 Å². The van der Waals surface area contributed by atoms with Crippen molar-refractivity contribution >= 4 is 11.6 Å². The molecule has 19 heavy (non-hydrogen) atoms. The summed E-state index contributed by atoms with van der Waals surface area (Å²) in [5.41, 5.74) is -0.658. The van der Waals surface area contributed by atoms with Gasteiger partial charge in [-0.1, -0.05) is 0 Å². The van der Waals surface area contributed by atoms with E-state index in [4.69, 9.17) is 5.26 Å². The van der Waals surface area contributed by atoms with Gasteiger partial charge in [0.2, 0.25) is 0 Å². The first-order valence-electron chi connectivity index (χ1n) is 5.45. The lowest BCUT2D eigenvalue weighted by molar-refractivity contribution is -0.385. The van der Waals surface area contributed by atoms with E-state index in [1.165, 1.54) is 14.0 Å². The number of nitro benzene ring substituents is 1. The molecule has 0 fully saturated rings. The summed E-state index contributed by atoms with van der Waals surface area (Å²) in [5.74, 6) is -1.46. The Kier molecular flexibility index (Phi) is 4.53. The Morgan fingerprint density at radius 3 is 2.74 bits per heavy atom. The second-order valence-corrected chi connectivity index (χ2v) is 4.02. The van der Waals surface area contributed by atoms with Gasteiger partial charge < -0.3 is 4.90 Å². The molecule has 0 aliphatic heterocycles. The highest BCUT2D eigenvalue weighted by molar-refractivity contribution is 5.95. The van der Waals surface area contributed by atoms with Gasteiger partial charge >= 0.3 is 0 Å². The Morgan fingerprint density at radius 1 is 1.58 bits per heavy atom. The SMILES string of the molecule is Cc1cc([N+](=O)[O-])cc(C(=O)N(C)CCC#N)c1F. The van der Waals surface area contributed by atoms with Gasteiger partial charge in [-0.15, -0.1) is 0 Å². The lowest BCUT2D eigenvalue weighted by Gasteiger charge is -2.16. The maximum atomic E-state index is 13.8. The van der Waals surface area contributed by atoms with Crippen LogP contribution in [0.2, 0.25) is 0 Å². The van der Waals surface area contributed by atoms with Gasteiger partial charge in [-0.2, -0.15) is 5.26 Å². The maximum absolute atomic E-state index is 13.8. The molecule has 0 aromatic heterocycles. The molecule has 1 aromatic rings. The normalized spacial score (nSPS) is 9.79. The Bertz CT molecular complexity index is 566. The standard InChI is InChI=1S/C12H12FN3O3/c1-8-6-9(16(18)19)7-10(11(8)13)12(17)15(2)5-3-4-14/h6-7H,3,5H2,1-2H3. The quantitative estimate of drug-likeness (QED) is 0.615. The molecule has 1 amide bonds. The van der Waals surface area contributed by atoms with Gasteiger partial charge in [-0.25, -0.2) is 4.39 Å². The highest BCUT2D eigenvalue weighted by Crippen LogP contribution is 2.22. The first-order valence-corrected chi connectivity index (χ1v) is 5.45. The predicted molar refractivity (Wildman–Crippen MR) is 65.0 cm³/mol. The molecule has 0 unspecified atom stereocenters. The second kappa shape index (κ2) is 5.91. The van der Waals surface area contributed by atoms with Crippen molar-refractivity contribution in [3.05, 3.63) is 39.2 Å². The van der Waals surface area contributed by atoms with Crippen molar-refractivity contribution in [1.82, 2.24) is 4.90 Å². The number of amides is 1. The Morgan fingerprint density at radius 2 is 2.21 bits per heavy atom. The fourth-order valence-electron chi connectivity index (χ4n) is 1.54. The molecule has 0 aliphatic rings. The third kappa shape index (κ3) is 3.25. The third-order valence-electron chi connectivity index (χ3n) is 2.59. The molecule has 0 bridgehead atoms. The van der Waals surface area contributed by atoms with Crippen molar-refractivity contribution in [2.24, 2.45) is 0 Å².